The Labute approximate surface area is 126 Å². The van der Waals surface area contributed by atoms with E-state index in [9.17, 15) is 9.90 Å². The van der Waals surface area contributed by atoms with Gasteiger partial charge in [0.15, 0.2) is 0 Å². The number of amides is 1. The van der Waals surface area contributed by atoms with Gasteiger partial charge in [-0.2, -0.15) is 0 Å². The number of anilines is 1. The van der Waals surface area contributed by atoms with Gasteiger partial charge in [-0.05, 0) is 29.0 Å². The summed E-state index contributed by atoms with van der Waals surface area (Å²) in [6.45, 7) is 7.94. The molecule has 2 aliphatic rings. The highest BCUT2D eigenvalue weighted by molar-refractivity contribution is 5.69. The van der Waals surface area contributed by atoms with Crippen molar-refractivity contribution in [2.75, 3.05) is 25.0 Å². The van der Waals surface area contributed by atoms with Gasteiger partial charge >= 0.3 is 6.09 Å². The number of carboxylic acid groups (broad SMARTS) is 1. The minimum atomic E-state index is -0.799. The van der Waals surface area contributed by atoms with Crippen LogP contribution in [-0.2, 0) is 6.42 Å². The first-order valence-electron chi connectivity index (χ1n) is 7.63. The van der Waals surface area contributed by atoms with E-state index < -0.39 is 6.09 Å². The first-order valence-corrected chi connectivity index (χ1v) is 7.63. The predicted molar refractivity (Wildman–Crippen MR) is 84.1 cm³/mol. The number of nitrogens with zero attached hydrogens (tertiary/aromatic N) is 2. The Balaban J connectivity index is 2.12. The lowest BCUT2D eigenvalue weighted by Crippen LogP contribution is -2.45. The van der Waals surface area contributed by atoms with Gasteiger partial charge in [-0.25, -0.2) is 4.79 Å². The molecule has 0 aliphatic carbocycles. The lowest BCUT2D eigenvalue weighted by molar-refractivity contribution is 0.138. The zero-order chi connectivity index (χ0) is 15.4. The third-order valence-corrected chi connectivity index (χ3v) is 4.95. The predicted octanol–water partition coefficient (Wildman–Crippen LogP) is 3.17. The topological polar surface area (TPSA) is 43.8 Å². The van der Waals surface area contributed by atoms with Crippen LogP contribution >= 0.6 is 0 Å². The second kappa shape index (κ2) is 4.65. The van der Waals surface area contributed by atoms with Crippen LogP contribution in [0.1, 0.15) is 37.8 Å². The maximum atomic E-state index is 11.5. The summed E-state index contributed by atoms with van der Waals surface area (Å²) >= 11 is 0. The van der Waals surface area contributed by atoms with Crippen LogP contribution in [0.2, 0.25) is 0 Å². The summed E-state index contributed by atoms with van der Waals surface area (Å²) < 4.78 is 0. The number of hydrogen-bond acceptors (Lipinski definition) is 2. The Bertz CT molecular complexity index is 577. The van der Waals surface area contributed by atoms with Gasteiger partial charge in [-0.1, -0.05) is 32.9 Å². The Hall–Kier alpha value is -1.71. The van der Waals surface area contributed by atoms with Gasteiger partial charge < -0.3 is 14.9 Å². The van der Waals surface area contributed by atoms with Crippen molar-refractivity contribution in [1.29, 1.82) is 0 Å². The van der Waals surface area contributed by atoms with Crippen molar-refractivity contribution < 1.29 is 9.90 Å². The van der Waals surface area contributed by atoms with Gasteiger partial charge in [0.1, 0.15) is 0 Å². The molecule has 114 valence electrons. The summed E-state index contributed by atoms with van der Waals surface area (Å²) in [6, 6.07) is 6.77. The van der Waals surface area contributed by atoms with Crippen LogP contribution in [0.5, 0.6) is 0 Å². The maximum absolute atomic E-state index is 11.5. The Morgan fingerprint density at radius 2 is 2.05 bits per heavy atom. The largest absolute Gasteiger partial charge is 0.465 e. The smallest absolute Gasteiger partial charge is 0.407 e. The van der Waals surface area contributed by atoms with Crippen molar-refractivity contribution in [3.63, 3.8) is 0 Å². The molecule has 1 amide bonds. The highest BCUT2D eigenvalue weighted by atomic mass is 16.4. The van der Waals surface area contributed by atoms with E-state index in [4.69, 9.17) is 0 Å². The minimum absolute atomic E-state index is 0.101. The van der Waals surface area contributed by atoms with Crippen LogP contribution in [0.4, 0.5) is 10.5 Å². The molecule has 0 aromatic heterocycles. The molecule has 0 fully saturated rings. The fraction of sp³-hybridized carbons (Fsp3) is 0.588. The highest BCUT2D eigenvalue weighted by Gasteiger charge is 2.46. The number of hydrogen-bond donors (Lipinski definition) is 1. The Morgan fingerprint density at radius 1 is 1.33 bits per heavy atom. The monoisotopic (exact) mass is 288 g/mol. The van der Waals surface area contributed by atoms with Crippen LogP contribution in [-0.4, -0.2) is 42.3 Å². The molecular weight excluding hydrogens is 264 g/mol. The average Bonchev–Trinajstić information content (AvgIpc) is 2.55. The average molecular weight is 288 g/mol. The molecule has 2 aliphatic heterocycles. The minimum Gasteiger partial charge on any atom is -0.465 e. The molecule has 2 heterocycles. The highest BCUT2D eigenvalue weighted by Crippen LogP contribution is 2.49. The standard InChI is InChI=1S/C17H24N2O2/c1-17(2,3)15-12-10-19(16(20)21)9-8-11-6-5-7-13(14(11)12)18(15)4/h5-7,12,15H,8-10H2,1-4H3,(H,20,21)/t12-,15?/m0/s1. The normalized spacial score (nSPS) is 24.8. The first kappa shape index (κ1) is 14.2. The lowest BCUT2D eigenvalue weighted by atomic mass is 9.77. The fourth-order valence-corrected chi connectivity index (χ4v) is 4.26. The molecule has 21 heavy (non-hydrogen) atoms. The quantitative estimate of drug-likeness (QED) is 0.797. The zero-order valence-electron chi connectivity index (χ0n) is 13.3. The second-order valence-electron chi connectivity index (χ2n) is 7.36. The van der Waals surface area contributed by atoms with Crippen LogP contribution in [0, 0.1) is 5.41 Å². The molecule has 3 rings (SSSR count). The van der Waals surface area contributed by atoms with Crippen molar-refractivity contribution in [2.45, 2.75) is 39.2 Å². The van der Waals surface area contributed by atoms with E-state index in [0.29, 0.717) is 19.1 Å². The summed E-state index contributed by atoms with van der Waals surface area (Å²) in [6.07, 6.45) is 0.0167. The first-order chi connectivity index (χ1) is 9.80. The van der Waals surface area contributed by atoms with E-state index in [1.807, 2.05) is 0 Å². The van der Waals surface area contributed by atoms with E-state index in [0.717, 1.165) is 6.42 Å². The summed E-state index contributed by atoms with van der Waals surface area (Å²) in [5.41, 5.74) is 4.08. The summed E-state index contributed by atoms with van der Waals surface area (Å²) in [5, 5.41) is 9.44. The number of likely N-dealkylation sites (N-methyl/N-ethyl adjacent to an activating group) is 1. The van der Waals surface area contributed by atoms with Crippen molar-refractivity contribution in [3.8, 4) is 0 Å². The second-order valence-corrected chi connectivity index (χ2v) is 7.36. The van der Waals surface area contributed by atoms with Crippen molar-refractivity contribution >= 4 is 11.8 Å². The third-order valence-electron chi connectivity index (χ3n) is 4.95. The molecule has 1 aromatic carbocycles. The van der Waals surface area contributed by atoms with Crippen LogP contribution in [0.25, 0.3) is 0 Å². The molecule has 4 heteroatoms. The fourth-order valence-electron chi connectivity index (χ4n) is 4.26. The van der Waals surface area contributed by atoms with Crippen molar-refractivity contribution in [2.24, 2.45) is 5.41 Å². The summed E-state index contributed by atoms with van der Waals surface area (Å²) in [5.74, 6) is 0.264. The molecule has 1 unspecified atom stereocenters. The van der Waals surface area contributed by atoms with Gasteiger partial charge in [0.2, 0.25) is 0 Å². The number of benzene rings is 1. The third kappa shape index (κ3) is 2.17. The van der Waals surface area contributed by atoms with Crippen LogP contribution in [0.15, 0.2) is 18.2 Å². The molecular formula is C17H24N2O2. The molecule has 1 aromatic rings. The molecule has 1 N–H and O–H groups in total. The lowest BCUT2D eigenvalue weighted by Gasteiger charge is -2.39. The zero-order valence-corrected chi connectivity index (χ0v) is 13.3. The Kier molecular flexibility index (Phi) is 3.15. The van der Waals surface area contributed by atoms with E-state index in [-0.39, 0.29) is 11.3 Å². The van der Waals surface area contributed by atoms with Crippen molar-refractivity contribution in [1.82, 2.24) is 4.90 Å². The SMILES string of the molecule is CN1c2cccc3c2[C@H](CN(C(=O)O)CC3)C1C(C)(C)C. The summed E-state index contributed by atoms with van der Waals surface area (Å²) in [4.78, 5) is 15.4. The number of rotatable bonds is 0. The molecule has 0 radical (unpaired) electrons. The van der Waals surface area contributed by atoms with Gasteiger partial charge in [-0.15, -0.1) is 0 Å². The molecule has 4 nitrogen and oxygen atoms in total. The van der Waals surface area contributed by atoms with Crippen LogP contribution in [0.3, 0.4) is 0 Å². The van der Waals surface area contributed by atoms with E-state index in [1.54, 1.807) is 4.90 Å². The molecule has 0 spiro atoms. The van der Waals surface area contributed by atoms with Crippen molar-refractivity contribution in [3.05, 3.63) is 29.3 Å². The molecule has 2 atom stereocenters. The molecule has 0 bridgehead atoms. The maximum Gasteiger partial charge on any atom is 0.407 e. The molecule has 0 saturated heterocycles. The van der Waals surface area contributed by atoms with Gasteiger partial charge in [0, 0.05) is 37.8 Å². The van der Waals surface area contributed by atoms with E-state index >= 15 is 0 Å². The van der Waals surface area contributed by atoms with Gasteiger partial charge in [0.25, 0.3) is 0 Å². The van der Waals surface area contributed by atoms with E-state index in [1.165, 1.54) is 16.8 Å². The van der Waals surface area contributed by atoms with Gasteiger partial charge in [-0.3, -0.25) is 0 Å². The summed E-state index contributed by atoms with van der Waals surface area (Å²) in [7, 11) is 2.14. The number of carbonyl (C=O) groups is 1. The van der Waals surface area contributed by atoms with Crippen LogP contribution < -0.4 is 4.90 Å². The Morgan fingerprint density at radius 3 is 2.67 bits per heavy atom. The van der Waals surface area contributed by atoms with Gasteiger partial charge in [0.05, 0.1) is 0 Å². The van der Waals surface area contributed by atoms with E-state index in [2.05, 4.69) is 50.9 Å². The molecule has 0 saturated carbocycles.